The van der Waals surface area contributed by atoms with E-state index in [4.69, 9.17) is 9.22 Å². The third-order valence-electron chi connectivity index (χ3n) is 1.73. The summed E-state index contributed by atoms with van der Waals surface area (Å²) < 4.78 is 103. The van der Waals surface area contributed by atoms with Crippen molar-refractivity contribution in [3.63, 3.8) is 0 Å². The Balaban J connectivity index is 3.39. The predicted molar refractivity (Wildman–Crippen MR) is 56.5 cm³/mol. The number of hydrogen-bond donors (Lipinski definition) is 1. The molecule has 0 spiro atoms. The summed E-state index contributed by atoms with van der Waals surface area (Å²) >= 11 is 0. The van der Waals surface area contributed by atoms with Crippen LogP contribution in [0.25, 0.3) is 0 Å². The van der Waals surface area contributed by atoms with Crippen LogP contribution in [0.5, 0.6) is 11.5 Å². The average Bonchev–Trinajstić information content (AvgIpc) is 2.38. The fourth-order valence-corrected chi connectivity index (χ4v) is 1.02. The number of carbonyl (C=O) groups is 1. The van der Waals surface area contributed by atoms with Gasteiger partial charge in [-0.2, -0.15) is 26.3 Å². The first kappa shape index (κ1) is 12.6. The molecule has 0 aliphatic heterocycles. The van der Waals surface area contributed by atoms with Crippen LogP contribution in [-0.4, -0.2) is 36.6 Å². The van der Waals surface area contributed by atoms with Crippen LogP contribution in [0.3, 0.4) is 0 Å². The summed E-state index contributed by atoms with van der Waals surface area (Å²) in [6, 6.07) is -3.75. The van der Waals surface area contributed by atoms with Crippen molar-refractivity contribution >= 4 is 5.97 Å². The lowest BCUT2D eigenvalue weighted by molar-refractivity contribution is -0.154. The number of rotatable bonds is 5. The minimum atomic E-state index is -4.90. The van der Waals surface area contributed by atoms with Gasteiger partial charge in [0.05, 0.1) is 4.11 Å². The molecule has 0 aromatic heterocycles. The summed E-state index contributed by atoms with van der Waals surface area (Å²) in [5, 5.41) is 8.94. The molecule has 1 aromatic carbocycles. The van der Waals surface area contributed by atoms with Gasteiger partial charge in [0.1, 0.15) is 17.1 Å². The van der Waals surface area contributed by atoms with Gasteiger partial charge in [0.25, 0.3) is 0 Å². The van der Waals surface area contributed by atoms with Gasteiger partial charge in [-0.15, -0.1) is 0 Å². The van der Waals surface area contributed by atoms with Crippen LogP contribution in [0, 0.1) is 0 Å². The quantitative estimate of drug-likeness (QED) is 0.846. The van der Waals surface area contributed by atoms with Crippen LogP contribution in [0.15, 0.2) is 18.1 Å². The van der Waals surface area contributed by atoms with Crippen molar-refractivity contribution in [2.24, 2.45) is 0 Å². The molecule has 1 aromatic rings. The van der Waals surface area contributed by atoms with E-state index in [0.717, 1.165) is 0 Å². The predicted octanol–water partition coefficient (Wildman–Crippen LogP) is 3.27. The standard InChI is InChI=1S/C11H8F6O4/c12-10(13,14)4-20-6-1-2-8(7(3-6)9(18)19)21-5-11(15,16)17/h1-3H,4-5H2,(H,18,19)/i1D,2D,3D. The molecule has 1 N–H and O–H groups in total. The second kappa shape index (κ2) is 6.10. The van der Waals surface area contributed by atoms with Gasteiger partial charge < -0.3 is 14.6 Å². The van der Waals surface area contributed by atoms with Crippen molar-refractivity contribution in [1.82, 2.24) is 0 Å². The van der Waals surface area contributed by atoms with Crippen LogP contribution < -0.4 is 9.47 Å². The fraction of sp³-hybridized carbons (Fsp3) is 0.364. The maximum atomic E-state index is 12.2. The molecule has 0 heterocycles. The number of carboxylic acids is 1. The van der Waals surface area contributed by atoms with Gasteiger partial charge in [0.15, 0.2) is 13.2 Å². The fourth-order valence-electron chi connectivity index (χ4n) is 1.02. The van der Waals surface area contributed by atoms with Crippen LogP contribution in [-0.2, 0) is 0 Å². The van der Waals surface area contributed by atoms with E-state index in [-0.39, 0.29) is 0 Å². The van der Waals surface area contributed by atoms with Gasteiger partial charge in [-0.05, 0) is 18.1 Å². The number of aromatic carboxylic acids is 1. The van der Waals surface area contributed by atoms with Gasteiger partial charge in [0.2, 0.25) is 0 Å². The topological polar surface area (TPSA) is 55.8 Å². The van der Waals surface area contributed by atoms with Gasteiger partial charge in [-0.25, -0.2) is 4.79 Å². The third-order valence-corrected chi connectivity index (χ3v) is 1.73. The van der Waals surface area contributed by atoms with Crippen LogP contribution >= 0.6 is 0 Å². The molecule has 0 radical (unpaired) electrons. The molecule has 0 unspecified atom stereocenters. The van der Waals surface area contributed by atoms with Crippen molar-refractivity contribution in [3.8, 4) is 11.5 Å². The molecule has 0 aliphatic carbocycles. The molecule has 0 atom stereocenters. The zero-order valence-electron chi connectivity index (χ0n) is 12.9. The molecule has 4 nitrogen and oxygen atoms in total. The minimum absolute atomic E-state index is 1.20. The van der Waals surface area contributed by atoms with Gasteiger partial charge in [0, 0.05) is 0 Å². The highest BCUT2D eigenvalue weighted by molar-refractivity contribution is 5.91. The molecule has 0 amide bonds. The van der Waals surface area contributed by atoms with Gasteiger partial charge in [-0.1, -0.05) is 0 Å². The first-order valence-corrected chi connectivity index (χ1v) is 5.00. The monoisotopic (exact) mass is 321 g/mol. The smallest absolute Gasteiger partial charge is 0.422 e. The first-order valence-electron chi connectivity index (χ1n) is 6.50. The zero-order chi connectivity index (χ0) is 18.9. The van der Waals surface area contributed by atoms with E-state index < -0.39 is 66.7 Å². The first-order chi connectivity index (χ1) is 10.7. The Morgan fingerprint density at radius 2 is 1.62 bits per heavy atom. The molecule has 1 rings (SSSR count). The second-order valence-electron chi connectivity index (χ2n) is 3.52. The Labute approximate surface area is 118 Å². The molecule has 0 fully saturated rings. The Morgan fingerprint density at radius 1 is 1.10 bits per heavy atom. The Bertz CT molecular complexity index is 644. The summed E-state index contributed by atoms with van der Waals surface area (Å²) in [6.45, 7) is -3.99. The Kier molecular flexibility index (Phi) is 3.66. The summed E-state index contributed by atoms with van der Waals surface area (Å²) in [7, 11) is 0. The summed E-state index contributed by atoms with van der Waals surface area (Å²) in [4.78, 5) is 11.1. The lowest BCUT2D eigenvalue weighted by Crippen LogP contribution is -2.21. The van der Waals surface area contributed by atoms with Crippen LogP contribution in [0.2, 0.25) is 0 Å². The Hall–Kier alpha value is -2.13. The molecule has 0 saturated carbocycles. The number of hydrogen-bond acceptors (Lipinski definition) is 3. The molecule has 0 bridgehead atoms. The highest BCUT2D eigenvalue weighted by Crippen LogP contribution is 2.27. The number of halogens is 6. The average molecular weight is 321 g/mol. The molecular formula is C11H8F6O4. The molecular weight excluding hydrogens is 310 g/mol. The maximum Gasteiger partial charge on any atom is 0.422 e. The largest absolute Gasteiger partial charge is 0.484 e. The van der Waals surface area contributed by atoms with Crippen molar-refractivity contribution < 1.29 is 49.8 Å². The third kappa shape index (κ3) is 6.23. The zero-order valence-corrected chi connectivity index (χ0v) is 9.85. The van der Waals surface area contributed by atoms with E-state index in [2.05, 4.69) is 9.47 Å². The summed E-state index contributed by atoms with van der Waals surface area (Å²) in [6.07, 6.45) is -9.78. The van der Waals surface area contributed by atoms with E-state index >= 15 is 0 Å². The molecule has 118 valence electrons. The van der Waals surface area contributed by atoms with Crippen LogP contribution in [0.1, 0.15) is 14.5 Å². The van der Waals surface area contributed by atoms with Crippen molar-refractivity contribution in [1.29, 1.82) is 0 Å². The number of alkyl halides is 6. The maximum absolute atomic E-state index is 12.2. The highest BCUT2D eigenvalue weighted by atomic mass is 19.4. The molecule has 0 aliphatic rings. The molecule has 10 heteroatoms. The molecule has 21 heavy (non-hydrogen) atoms. The second-order valence-corrected chi connectivity index (χ2v) is 3.52. The van der Waals surface area contributed by atoms with Gasteiger partial charge >= 0.3 is 18.3 Å². The normalized spacial score (nSPS) is 14.1. The summed E-state index contributed by atoms with van der Waals surface area (Å²) in [5.74, 6) is -4.48. The van der Waals surface area contributed by atoms with Crippen molar-refractivity contribution in [2.75, 3.05) is 13.2 Å². The van der Waals surface area contributed by atoms with E-state index in [1.165, 1.54) is 0 Å². The minimum Gasteiger partial charge on any atom is -0.484 e. The SMILES string of the molecule is [2H]c1c([2H])c(OCC(F)(F)F)c(C(=O)O)c([2H])c1OCC(F)(F)F. The van der Waals surface area contributed by atoms with E-state index in [0.29, 0.717) is 0 Å². The van der Waals surface area contributed by atoms with Crippen LogP contribution in [0.4, 0.5) is 26.3 Å². The Morgan fingerprint density at radius 3 is 2.10 bits per heavy atom. The van der Waals surface area contributed by atoms with E-state index in [9.17, 15) is 31.1 Å². The number of carboxylic acid groups (broad SMARTS) is 1. The van der Waals surface area contributed by atoms with Crippen molar-refractivity contribution in [2.45, 2.75) is 12.4 Å². The lowest BCUT2D eigenvalue weighted by atomic mass is 10.2. The lowest BCUT2D eigenvalue weighted by Gasteiger charge is -2.13. The number of ether oxygens (including phenoxy) is 2. The summed E-state index contributed by atoms with van der Waals surface area (Å²) in [5.41, 5.74) is -1.31. The highest BCUT2D eigenvalue weighted by Gasteiger charge is 2.30. The van der Waals surface area contributed by atoms with E-state index in [1.54, 1.807) is 0 Å². The number of benzene rings is 1. The molecule has 0 saturated heterocycles. The van der Waals surface area contributed by atoms with E-state index in [1.807, 2.05) is 0 Å². The van der Waals surface area contributed by atoms with Gasteiger partial charge in [-0.3, -0.25) is 0 Å². The van der Waals surface area contributed by atoms with Crippen molar-refractivity contribution in [3.05, 3.63) is 23.7 Å².